The summed E-state index contributed by atoms with van der Waals surface area (Å²) >= 11 is 4.41. The highest BCUT2D eigenvalue weighted by Crippen LogP contribution is 2.35. The maximum atomic E-state index is 13.7. The molecular weight excluding hydrogens is 365 g/mol. The van der Waals surface area contributed by atoms with Crippen LogP contribution in [0, 0.1) is 36.0 Å². The molecular formula is C12H7BrF5NS. The second kappa shape index (κ2) is 5.42. The van der Waals surface area contributed by atoms with Crippen molar-refractivity contribution < 1.29 is 22.0 Å². The Morgan fingerprint density at radius 3 is 1.85 bits per heavy atom. The fraction of sp³-hybridized carbons (Fsp3) is 0.167. The van der Waals surface area contributed by atoms with Crippen molar-refractivity contribution >= 4 is 27.3 Å². The van der Waals surface area contributed by atoms with Crippen LogP contribution in [0.15, 0.2) is 9.85 Å². The molecule has 0 fully saturated rings. The monoisotopic (exact) mass is 371 g/mol. The number of thiophene rings is 1. The Morgan fingerprint density at radius 2 is 1.45 bits per heavy atom. The molecule has 2 rings (SSSR count). The Kier molecular flexibility index (Phi) is 4.17. The number of rotatable bonds is 2. The first kappa shape index (κ1) is 15.4. The smallest absolute Gasteiger partial charge is 0.200 e. The molecule has 0 aliphatic carbocycles. The van der Waals surface area contributed by atoms with Gasteiger partial charge in [0.2, 0.25) is 5.82 Å². The lowest BCUT2D eigenvalue weighted by molar-refractivity contribution is 0.367. The molecule has 0 amide bonds. The highest BCUT2D eigenvalue weighted by molar-refractivity contribution is 9.11. The second-order valence-electron chi connectivity index (χ2n) is 4.02. The van der Waals surface area contributed by atoms with Gasteiger partial charge in [0.05, 0.1) is 15.4 Å². The molecule has 1 aromatic carbocycles. The van der Waals surface area contributed by atoms with Crippen LogP contribution < -0.4 is 5.73 Å². The predicted molar refractivity (Wildman–Crippen MR) is 69.0 cm³/mol. The summed E-state index contributed by atoms with van der Waals surface area (Å²) in [4.78, 5) is 0.619. The summed E-state index contributed by atoms with van der Waals surface area (Å²) in [5, 5.41) is 0. The zero-order chi connectivity index (χ0) is 15.2. The van der Waals surface area contributed by atoms with Gasteiger partial charge in [-0.05, 0) is 34.5 Å². The first-order valence-corrected chi connectivity index (χ1v) is 6.89. The van der Waals surface area contributed by atoms with Crippen LogP contribution in [-0.2, 0) is 0 Å². The van der Waals surface area contributed by atoms with Gasteiger partial charge in [-0.25, -0.2) is 22.0 Å². The van der Waals surface area contributed by atoms with Crippen LogP contribution in [0.5, 0.6) is 0 Å². The van der Waals surface area contributed by atoms with Crippen molar-refractivity contribution in [2.24, 2.45) is 5.73 Å². The summed E-state index contributed by atoms with van der Waals surface area (Å²) in [6.07, 6.45) is 0. The largest absolute Gasteiger partial charge is 0.320 e. The van der Waals surface area contributed by atoms with E-state index in [9.17, 15) is 22.0 Å². The Labute approximate surface area is 123 Å². The molecule has 2 aromatic rings. The van der Waals surface area contributed by atoms with Gasteiger partial charge < -0.3 is 5.73 Å². The van der Waals surface area contributed by atoms with E-state index in [0.29, 0.717) is 14.2 Å². The van der Waals surface area contributed by atoms with Gasteiger partial charge in [-0.1, -0.05) is 0 Å². The molecule has 108 valence electrons. The molecule has 0 aliphatic heterocycles. The Morgan fingerprint density at radius 1 is 1.00 bits per heavy atom. The van der Waals surface area contributed by atoms with E-state index in [1.54, 1.807) is 6.92 Å². The lowest BCUT2D eigenvalue weighted by Crippen LogP contribution is -2.19. The molecule has 0 bridgehead atoms. The van der Waals surface area contributed by atoms with Gasteiger partial charge in [0, 0.05) is 4.88 Å². The molecule has 1 atom stereocenters. The predicted octanol–water partition coefficient (Wildman–Crippen LogP) is 4.56. The van der Waals surface area contributed by atoms with Gasteiger partial charge in [-0.2, -0.15) is 0 Å². The fourth-order valence-corrected chi connectivity index (χ4v) is 3.57. The molecule has 0 saturated carbocycles. The van der Waals surface area contributed by atoms with Crippen molar-refractivity contribution in [1.82, 2.24) is 0 Å². The maximum absolute atomic E-state index is 13.7. The van der Waals surface area contributed by atoms with E-state index in [2.05, 4.69) is 15.9 Å². The molecule has 0 radical (unpaired) electrons. The van der Waals surface area contributed by atoms with Crippen molar-refractivity contribution in [3.8, 4) is 0 Å². The average molecular weight is 372 g/mol. The lowest BCUT2D eigenvalue weighted by Gasteiger charge is -2.15. The molecule has 2 N–H and O–H groups in total. The summed E-state index contributed by atoms with van der Waals surface area (Å²) in [7, 11) is 0. The van der Waals surface area contributed by atoms with E-state index in [4.69, 9.17) is 5.73 Å². The van der Waals surface area contributed by atoms with Gasteiger partial charge in [0.15, 0.2) is 23.3 Å². The zero-order valence-corrected chi connectivity index (χ0v) is 12.3. The Bertz CT molecular complexity index is 656. The second-order valence-corrected chi connectivity index (χ2v) is 6.66. The number of hydrogen-bond acceptors (Lipinski definition) is 2. The highest BCUT2D eigenvalue weighted by Gasteiger charge is 2.30. The molecule has 0 aliphatic rings. The number of hydrogen-bond donors (Lipinski definition) is 1. The molecule has 0 saturated heterocycles. The third-order valence-electron chi connectivity index (χ3n) is 2.82. The summed E-state index contributed by atoms with van der Waals surface area (Å²) in [5.74, 6) is -10.0. The van der Waals surface area contributed by atoms with Crippen molar-refractivity contribution in [3.05, 3.63) is 54.9 Å². The molecule has 1 heterocycles. The number of nitrogens with two attached hydrogens (primary N) is 1. The van der Waals surface area contributed by atoms with Crippen molar-refractivity contribution in [2.45, 2.75) is 13.0 Å². The standard InChI is InChI=1S/C12H7BrF5NS/c1-3-4(2-5(13)20-3)12(19)6-7(14)9(16)11(18)10(17)8(6)15/h2,12H,19H2,1H3. The molecule has 0 spiro atoms. The maximum Gasteiger partial charge on any atom is 0.200 e. The molecule has 8 heteroatoms. The van der Waals surface area contributed by atoms with Gasteiger partial charge in [0.25, 0.3) is 0 Å². The van der Waals surface area contributed by atoms with E-state index < -0.39 is 40.7 Å². The third kappa shape index (κ3) is 2.36. The Balaban J connectivity index is 2.67. The van der Waals surface area contributed by atoms with Crippen LogP contribution in [-0.4, -0.2) is 0 Å². The summed E-state index contributed by atoms with van der Waals surface area (Å²) in [5.41, 5.74) is 4.93. The van der Waals surface area contributed by atoms with E-state index in [1.807, 2.05) is 0 Å². The highest BCUT2D eigenvalue weighted by atomic mass is 79.9. The van der Waals surface area contributed by atoms with E-state index >= 15 is 0 Å². The zero-order valence-electron chi connectivity index (χ0n) is 9.91. The Hall–Kier alpha value is -0.990. The van der Waals surface area contributed by atoms with Gasteiger partial charge >= 0.3 is 0 Å². The molecule has 1 nitrogen and oxygen atoms in total. The van der Waals surface area contributed by atoms with Crippen LogP contribution in [0.25, 0.3) is 0 Å². The van der Waals surface area contributed by atoms with Crippen LogP contribution in [0.2, 0.25) is 0 Å². The first-order chi connectivity index (χ1) is 9.25. The van der Waals surface area contributed by atoms with Crippen LogP contribution in [0.3, 0.4) is 0 Å². The fourth-order valence-electron chi connectivity index (χ4n) is 1.82. The average Bonchev–Trinajstić information content (AvgIpc) is 2.73. The number of aryl methyl sites for hydroxylation is 1. The summed E-state index contributed by atoms with van der Waals surface area (Å²) in [6, 6.07) is 0.0463. The van der Waals surface area contributed by atoms with E-state index in [0.717, 1.165) is 0 Å². The topological polar surface area (TPSA) is 26.0 Å². The van der Waals surface area contributed by atoms with Crippen molar-refractivity contribution in [2.75, 3.05) is 0 Å². The van der Waals surface area contributed by atoms with Crippen molar-refractivity contribution in [3.63, 3.8) is 0 Å². The van der Waals surface area contributed by atoms with Gasteiger partial charge in [-0.3, -0.25) is 0 Å². The number of halogens is 6. The van der Waals surface area contributed by atoms with E-state index in [-0.39, 0.29) is 0 Å². The normalized spacial score (nSPS) is 12.8. The minimum atomic E-state index is -2.20. The number of benzene rings is 1. The summed E-state index contributed by atoms with van der Waals surface area (Å²) in [6.45, 7) is 1.64. The molecule has 20 heavy (non-hydrogen) atoms. The van der Waals surface area contributed by atoms with Gasteiger partial charge in [-0.15, -0.1) is 11.3 Å². The molecule has 1 aromatic heterocycles. The van der Waals surface area contributed by atoms with E-state index in [1.165, 1.54) is 17.4 Å². The third-order valence-corrected chi connectivity index (χ3v) is 4.39. The lowest BCUT2D eigenvalue weighted by atomic mass is 9.98. The van der Waals surface area contributed by atoms with Crippen LogP contribution >= 0.6 is 27.3 Å². The quantitative estimate of drug-likeness (QED) is 0.467. The minimum absolute atomic E-state index is 0.296. The van der Waals surface area contributed by atoms with Crippen LogP contribution in [0.1, 0.15) is 22.0 Å². The SMILES string of the molecule is Cc1sc(Br)cc1C(N)c1c(F)c(F)c(F)c(F)c1F. The molecule has 1 unspecified atom stereocenters. The first-order valence-electron chi connectivity index (χ1n) is 5.28. The van der Waals surface area contributed by atoms with Crippen molar-refractivity contribution in [1.29, 1.82) is 0 Å². The van der Waals surface area contributed by atoms with Crippen LogP contribution in [0.4, 0.5) is 22.0 Å². The summed E-state index contributed by atoms with van der Waals surface area (Å²) < 4.78 is 67.3. The minimum Gasteiger partial charge on any atom is -0.320 e. The van der Waals surface area contributed by atoms with Gasteiger partial charge in [0.1, 0.15) is 0 Å².